The van der Waals surface area contributed by atoms with E-state index >= 15 is 0 Å². The first kappa shape index (κ1) is 19.9. The van der Waals surface area contributed by atoms with E-state index in [0.29, 0.717) is 30.9 Å². The Morgan fingerprint density at radius 3 is 2.58 bits per heavy atom. The van der Waals surface area contributed by atoms with Gasteiger partial charge < -0.3 is 9.80 Å². The van der Waals surface area contributed by atoms with Crippen molar-refractivity contribution in [3.05, 3.63) is 88.1 Å². The summed E-state index contributed by atoms with van der Waals surface area (Å²) in [7, 11) is 0. The van der Waals surface area contributed by atoms with Crippen LogP contribution in [0.3, 0.4) is 0 Å². The van der Waals surface area contributed by atoms with E-state index in [1.54, 1.807) is 41.8 Å². The molecule has 4 heterocycles. The van der Waals surface area contributed by atoms with Crippen LogP contribution in [-0.2, 0) is 0 Å². The van der Waals surface area contributed by atoms with Crippen LogP contribution in [0, 0.1) is 11.7 Å². The maximum Gasteiger partial charge on any atom is 0.272 e. The molecule has 2 aliphatic heterocycles. The third-order valence-electron chi connectivity index (χ3n) is 6.43. The second-order valence-corrected chi connectivity index (χ2v) is 8.89. The first-order valence-corrected chi connectivity index (χ1v) is 11.3. The number of rotatable bonds is 3. The molecule has 2 aromatic heterocycles. The Morgan fingerprint density at radius 1 is 1.03 bits per heavy atom. The van der Waals surface area contributed by atoms with E-state index in [9.17, 15) is 14.0 Å². The number of nitrogens with zero attached hydrogens (tertiary/aromatic N) is 3. The fraction of sp³-hybridized carbons (Fsp3) is 0.292. The maximum atomic E-state index is 13.3. The minimum atomic E-state index is -0.353. The predicted molar refractivity (Wildman–Crippen MR) is 117 cm³/mol. The van der Waals surface area contributed by atoms with Crippen molar-refractivity contribution in [2.45, 2.75) is 18.4 Å². The Kier molecular flexibility index (Phi) is 5.28. The van der Waals surface area contributed by atoms with Gasteiger partial charge in [0.15, 0.2) is 0 Å². The number of halogens is 1. The van der Waals surface area contributed by atoms with Crippen molar-refractivity contribution in [1.82, 2.24) is 14.8 Å². The van der Waals surface area contributed by atoms with E-state index in [0.717, 1.165) is 6.42 Å². The molecular weight excluding hydrogens is 413 g/mol. The van der Waals surface area contributed by atoms with E-state index < -0.39 is 0 Å². The first-order valence-electron chi connectivity index (χ1n) is 10.4. The van der Waals surface area contributed by atoms with Crippen molar-refractivity contribution in [1.29, 1.82) is 0 Å². The predicted octanol–water partition coefficient (Wildman–Crippen LogP) is 4.05. The lowest BCUT2D eigenvalue weighted by molar-refractivity contribution is 0.0530. The van der Waals surface area contributed by atoms with Crippen LogP contribution >= 0.6 is 11.3 Å². The van der Waals surface area contributed by atoms with Crippen LogP contribution in [0.4, 0.5) is 4.39 Å². The summed E-state index contributed by atoms with van der Waals surface area (Å²) in [5, 5.41) is 4.18. The summed E-state index contributed by atoms with van der Waals surface area (Å²) in [5.41, 5.74) is 2.16. The summed E-state index contributed by atoms with van der Waals surface area (Å²) in [6.45, 7) is 1.78. The van der Waals surface area contributed by atoms with E-state index in [1.165, 1.54) is 17.7 Å². The minimum Gasteiger partial charge on any atom is -0.337 e. The highest BCUT2D eigenvalue weighted by Gasteiger charge is 2.48. The molecule has 5 nitrogen and oxygen atoms in total. The molecule has 2 fully saturated rings. The molecule has 2 amide bonds. The molecular formula is C24H22FN3O2S. The summed E-state index contributed by atoms with van der Waals surface area (Å²) in [6, 6.07) is 13.3. The zero-order chi connectivity index (χ0) is 21.4. The molecule has 0 spiro atoms. The van der Waals surface area contributed by atoms with Gasteiger partial charge in [-0.15, -0.1) is 0 Å². The molecule has 5 rings (SSSR count). The number of piperidine rings is 1. The van der Waals surface area contributed by atoms with Crippen LogP contribution in [0.1, 0.15) is 38.7 Å². The van der Waals surface area contributed by atoms with E-state index in [2.05, 4.69) is 21.8 Å². The lowest BCUT2D eigenvalue weighted by atomic mass is 9.82. The highest BCUT2D eigenvalue weighted by molar-refractivity contribution is 7.08. The fourth-order valence-corrected chi connectivity index (χ4v) is 5.63. The molecule has 7 heteroatoms. The number of hydrogen-bond acceptors (Lipinski definition) is 4. The second kappa shape index (κ2) is 8.23. The number of hydrogen-bond donors (Lipinski definition) is 0. The number of amides is 2. The molecule has 1 aromatic carbocycles. The topological polar surface area (TPSA) is 53.5 Å². The molecule has 0 unspecified atom stereocenters. The third kappa shape index (κ3) is 3.74. The van der Waals surface area contributed by atoms with Crippen LogP contribution in [0.25, 0.3) is 0 Å². The highest BCUT2D eigenvalue weighted by atomic mass is 32.1. The standard InChI is InChI=1S/C24H22FN3O2S/c25-18-6-4-16(5-7-18)23(29)28-14-19(17-9-12-31-15-17)20-13-27(11-8-22(20)28)24(30)21-3-1-2-10-26-21/h1-7,9-10,12,15,19-20,22H,8,11,13-14H2/t19-,20-,22-/m0/s1. The molecule has 158 valence electrons. The molecule has 2 saturated heterocycles. The Labute approximate surface area is 184 Å². The monoisotopic (exact) mass is 435 g/mol. The van der Waals surface area contributed by atoms with Crippen molar-refractivity contribution < 1.29 is 14.0 Å². The normalized spacial score (nSPS) is 22.9. The number of aromatic nitrogens is 1. The number of carbonyl (C=O) groups is 2. The van der Waals surface area contributed by atoms with Crippen LogP contribution in [0.5, 0.6) is 0 Å². The van der Waals surface area contributed by atoms with E-state index in [-0.39, 0.29) is 35.5 Å². The molecule has 31 heavy (non-hydrogen) atoms. The average molecular weight is 436 g/mol. The Bertz CT molecular complexity index is 1070. The zero-order valence-corrected chi connectivity index (χ0v) is 17.7. The summed E-state index contributed by atoms with van der Waals surface area (Å²) in [5.74, 6) is -0.169. The Balaban J connectivity index is 1.42. The lowest BCUT2D eigenvalue weighted by Gasteiger charge is -2.38. The molecule has 0 radical (unpaired) electrons. The number of fused-ring (bicyclic) bond motifs is 1. The number of pyridine rings is 1. The van der Waals surface area contributed by atoms with Crippen LogP contribution in [0.2, 0.25) is 0 Å². The van der Waals surface area contributed by atoms with Crippen molar-refractivity contribution in [3.63, 3.8) is 0 Å². The largest absolute Gasteiger partial charge is 0.337 e. The molecule has 0 aliphatic carbocycles. The number of carbonyl (C=O) groups excluding carboxylic acids is 2. The molecule has 0 N–H and O–H groups in total. The number of benzene rings is 1. The van der Waals surface area contributed by atoms with Gasteiger partial charge in [-0.1, -0.05) is 6.07 Å². The average Bonchev–Trinajstić information content (AvgIpc) is 3.47. The van der Waals surface area contributed by atoms with Gasteiger partial charge in [-0.05, 0) is 65.2 Å². The van der Waals surface area contributed by atoms with Crippen molar-refractivity contribution in [2.24, 2.45) is 5.92 Å². The summed E-state index contributed by atoms with van der Waals surface area (Å²) in [6.07, 6.45) is 2.35. The van der Waals surface area contributed by atoms with Crippen molar-refractivity contribution in [2.75, 3.05) is 19.6 Å². The van der Waals surface area contributed by atoms with Crippen LogP contribution < -0.4 is 0 Å². The van der Waals surface area contributed by atoms with Gasteiger partial charge in [0.05, 0.1) is 0 Å². The smallest absolute Gasteiger partial charge is 0.272 e. The Morgan fingerprint density at radius 2 is 1.87 bits per heavy atom. The minimum absolute atomic E-state index is 0.0511. The van der Waals surface area contributed by atoms with Gasteiger partial charge in [0.25, 0.3) is 11.8 Å². The highest BCUT2D eigenvalue weighted by Crippen LogP contribution is 2.42. The quantitative estimate of drug-likeness (QED) is 0.624. The SMILES string of the molecule is O=C(c1ccccn1)N1CC[C@H]2[C@@H](C1)[C@H](c1ccsc1)CN2C(=O)c1ccc(F)cc1. The fourth-order valence-electron chi connectivity index (χ4n) is 4.90. The zero-order valence-electron chi connectivity index (χ0n) is 16.9. The lowest BCUT2D eigenvalue weighted by Crippen LogP contribution is -2.49. The van der Waals surface area contributed by atoms with Gasteiger partial charge in [-0.3, -0.25) is 14.6 Å². The number of thiophene rings is 1. The van der Waals surface area contributed by atoms with Crippen LogP contribution in [0.15, 0.2) is 65.5 Å². The first-order chi connectivity index (χ1) is 15.1. The summed E-state index contributed by atoms with van der Waals surface area (Å²) in [4.78, 5) is 34.3. The van der Waals surface area contributed by atoms with Crippen molar-refractivity contribution in [3.8, 4) is 0 Å². The molecule has 0 bridgehead atoms. The van der Waals surface area contributed by atoms with Crippen LogP contribution in [-0.4, -0.2) is 52.3 Å². The molecule has 2 aliphatic rings. The van der Waals surface area contributed by atoms with E-state index in [4.69, 9.17) is 0 Å². The van der Waals surface area contributed by atoms with Gasteiger partial charge >= 0.3 is 0 Å². The van der Waals surface area contributed by atoms with Gasteiger partial charge in [0.1, 0.15) is 11.5 Å². The Hall–Kier alpha value is -3.06. The second-order valence-electron chi connectivity index (χ2n) is 8.11. The molecule has 3 atom stereocenters. The molecule has 3 aromatic rings. The van der Waals surface area contributed by atoms with E-state index in [1.807, 2.05) is 15.9 Å². The summed E-state index contributed by atoms with van der Waals surface area (Å²) >= 11 is 1.64. The third-order valence-corrected chi connectivity index (χ3v) is 7.13. The van der Waals surface area contributed by atoms with Gasteiger partial charge in [0.2, 0.25) is 0 Å². The van der Waals surface area contributed by atoms with Gasteiger partial charge in [-0.25, -0.2) is 4.39 Å². The summed E-state index contributed by atoms with van der Waals surface area (Å²) < 4.78 is 13.3. The van der Waals surface area contributed by atoms with Gasteiger partial charge in [-0.2, -0.15) is 11.3 Å². The molecule has 0 saturated carbocycles. The van der Waals surface area contributed by atoms with Gasteiger partial charge in [0, 0.05) is 49.3 Å². The van der Waals surface area contributed by atoms with Crippen molar-refractivity contribution >= 4 is 23.2 Å². The number of likely N-dealkylation sites (tertiary alicyclic amines) is 2. The maximum absolute atomic E-state index is 13.3.